The Morgan fingerprint density at radius 2 is 1.95 bits per heavy atom. The Morgan fingerprint density at radius 1 is 1.21 bits per heavy atom. The highest BCUT2D eigenvalue weighted by atomic mass is 15.3. The maximum Gasteiger partial charge on any atom is 0.138 e. The lowest BCUT2D eigenvalue weighted by atomic mass is 9.88. The van der Waals surface area contributed by atoms with E-state index in [1.807, 2.05) is 4.68 Å². The quantitative estimate of drug-likeness (QED) is 0.747. The van der Waals surface area contributed by atoms with E-state index in [4.69, 9.17) is 0 Å². The number of hydrogen-bond acceptors (Lipinski definition) is 3. The molecule has 1 rings (SSSR count). The fourth-order valence-electron chi connectivity index (χ4n) is 2.28. The molecule has 0 amide bonds. The third kappa shape index (κ3) is 4.94. The third-order valence-corrected chi connectivity index (χ3v) is 3.88. The fourth-order valence-corrected chi connectivity index (χ4v) is 2.28. The second kappa shape index (κ2) is 8.31. The van der Waals surface area contributed by atoms with Gasteiger partial charge in [-0.1, -0.05) is 34.6 Å². The van der Waals surface area contributed by atoms with Crippen LogP contribution in [0.4, 0.5) is 0 Å². The molecule has 1 heterocycles. The first-order chi connectivity index (χ1) is 9.10. The van der Waals surface area contributed by atoms with Gasteiger partial charge in [-0.3, -0.25) is 4.68 Å². The summed E-state index contributed by atoms with van der Waals surface area (Å²) in [7, 11) is 0. The van der Waals surface area contributed by atoms with Crippen LogP contribution < -0.4 is 5.32 Å². The Kier molecular flexibility index (Phi) is 7.06. The lowest BCUT2D eigenvalue weighted by Crippen LogP contribution is -2.40. The first-order valence-corrected chi connectivity index (χ1v) is 7.70. The van der Waals surface area contributed by atoms with E-state index in [0.29, 0.717) is 17.9 Å². The van der Waals surface area contributed by atoms with Crippen molar-refractivity contribution in [3.8, 4) is 0 Å². The van der Waals surface area contributed by atoms with E-state index in [1.165, 1.54) is 6.42 Å². The molecule has 0 saturated heterocycles. The predicted octanol–water partition coefficient (Wildman–Crippen LogP) is 2.89. The van der Waals surface area contributed by atoms with Crippen molar-refractivity contribution in [1.82, 2.24) is 20.1 Å². The summed E-state index contributed by atoms with van der Waals surface area (Å²) in [5, 5.41) is 8.00. The first-order valence-electron chi connectivity index (χ1n) is 7.70. The zero-order valence-electron chi connectivity index (χ0n) is 13.2. The standard InChI is InChI=1S/C15H30N4/c1-6-8-16-14(13(5)12(3)4)10-15-17-11-18-19(15)9-7-2/h11-14,16H,6-10H2,1-5H3. The molecule has 0 fully saturated rings. The van der Waals surface area contributed by atoms with Gasteiger partial charge in [-0.25, -0.2) is 4.98 Å². The Morgan fingerprint density at radius 3 is 2.53 bits per heavy atom. The Bertz CT molecular complexity index is 346. The summed E-state index contributed by atoms with van der Waals surface area (Å²) in [6, 6.07) is 0.486. The van der Waals surface area contributed by atoms with Crippen molar-refractivity contribution in [3.05, 3.63) is 12.2 Å². The van der Waals surface area contributed by atoms with Gasteiger partial charge in [0.05, 0.1) is 0 Å². The largest absolute Gasteiger partial charge is 0.313 e. The van der Waals surface area contributed by atoms with Gasteiger partial charge in [-0.2, -0.15) is 5.10 Å². The summed E-state index contributed by atoms with van der Waals surface area (Å²) in [6.45, 7) is 13.3. The van der Waals surface area contributed by atoms with Crippen LogP contribution in [0.5, 0.6) is 0 Å². The molecule has 4 heteroatoms. The monoisotopic (exact) mass is 266 g/mol. The smallest absolute Gasteiger partial charge is 0.138 e. The molecule has 0 aliphatic rings. The average Bonchev–Trinajstić information content (AvgIpc) is 2.81. The minimum absolute atomic E-state index is 0.486. The van der Waals surface area contributed by atoms with Gasteiger partial charge in [0, 0.05) is 19.0 Å². The van der Waals surface area contributed by atoms with Crippen LogP contribution in [-0.2, 0) is 13.0 Å². The highest BCUT2D eigenvalue weighted by Gasteiger charge is 2.22. The molecule has 0 bridgehead atoms. The van der Waals surface area contributed by atoms with E-state index in [0.717, 1.165) is 31.8 Å². The summed E-state index contributed by atoms with van der Waals surface area (Å²) in [5.41, 5.74) is 0. The van der Waals surface area contributed by atoms with Gasteiger partial charge < -0.3 is 5.32 Å². The summed E-state index contributed by atoms with van der Waals surface area (Å²) >= 11 is 0. The second-order valence-electron chi connectivity index (χ2n) is 5.77. The minimum atomic E-state index is 0.486. The molecular formula is C15H30N4. The molecule has 110 valence electrons. The number of rotatable bonds is 9. The topological polar surface area (TPSA) is 42.7 Å². The van der Waals surface area contributed by atoms with E-state index in [9.17, 15) is 0 Å². The Labute approximate surface area is 118 Å². The molecule has 4 nitrogen and oxygen atoms in total. The van der Waals surface area contributed by atoms with Gasteiger partial charge in [-0.05, 0) is 31.2 Å². The van der Waals surface area contributed by atoms with Crippen LogP contribution in [0, 0.1) is 11.8 Å². The van der Waals surface area contributed by atoms with Crippen LogP contribution >= 0.6 is 0 Å². The van der Waals surface area contributed by atoms with Crippen molar-refractivity contribution in [3.63, 3.8) is 0 Å². The van der Waals surface area contributed by atoms with Crippen LogP contribution in [0.3, 0.4) is 0 Å². The molecule has 2 unspecified atom stereocenters. The summed E-state index contributed by atoms with van der Waals surface area (Å²) in [4.78, 5) is 4.44. The van der Waals surface area contributed by atoms with Crippen molar-refractivity contribution < 1.29 is 0 Å². The van der Waals surface area contributed by atoms with Gasteiger partial charge in [0.15, 0.2) is 0 Å². The first kappa shape index (κ1) is 16.2. The maximum absolute atomic E-state index is 4.44. The number of hydrogen-bond donors (Lipinski definition) is 1. The predicted molar refractivity (Wildman–Crippen MR) is 80.1 cm³/mol. The van der Waals surface area contributed by atoms with Crippen LogP contribution in [0.2, 0.25) is 0 Å². The lowest BCUT2D eigenvalue weighted by Gasteiger charge is -2.28. The van der Waals surface area contributed by atoms with Gasteiger partial charge in [0.25, 0.3) is 0 Å². The van der Waals surface area contributed by atoms with Gasteiger partial charge in [0.2, 0.25) is 0 Å². The molecule has 2 atom stereocenters. The molecule has 1 N–H and O–H groups in total. The SMILES string of the molecule is CCCNC(Cc1ncnn1CCC)C(C)C(C)C. The Hall–Kier alpha value is -0.900. The van der Waals surface area contributed by atoms with E-state index >= 15 is 0 Å². The van der Waals surface area contributed by atoms with E-state index < -0.39 is 0 Å². The van der Waals surface area contributed by atoms with E-state index in [2.05, 4.69) is 50.0 Å². The second-order valence-corrected chi connectivity index (χ2v) is 5.77. The van der Waals surface area contributed by atoms with Gasteiger partial charge >= 0.3 is 0 Å². The molecule has 0 radical (unpaired) electrons. The third-order valence-electron chi connectivity index (χ3n) is 3.88. The normalized spacial score (nSPS) is 14.8. The minimum Gasteiger partial charge on any atom is -0.313 e. The van der Waals surface area contributed by atoms with E-state index in [1.54, 1.807) is 6.33 Å². The number of aryl methyl sites for hydroxylation is 1. The van der Waals surface area contributed by atoms with Crippen LogP contribution in [-0.4, -0.2) is 27.4 Å². The molecule has 0 spiro atoms. The van der Waals surface area contributed by atoms with Crippen molar-refractivity contribution in [2.45, 2.75) is 66.5 Å². The number of aromatic nitrogens is 3. The summed E-state index contributed by atoms with van der Waals surface area (Å²) < 4.78 is 2.05. The number of nitrogens with one attached hydrogen (secondary N) is 1. The van der Waals surface area contributed by atoms with Crippen molar-refractivity contribution in [2.75, 3.05) is 6.54 Å². The average molecular weight is 266 g/mol. The molecule has 0 aliphatic heterocycles. The van der Waals surface area contributed by atoms with E-state index in [-0.39, 0.29) is 0 Å². The molecular weight excluding hydrogens is 236 g/mol. The highest BCUT2D eigenvalue weighted by molar-refractivity contribution is 4.92. The molecule has 0 saturated carbocycles. The van der Waals surface area contributed by atoms with Gasteiger partial charge in [-0.15, -0.1) is 0 Å². The van der Waals surface area contributed by atoms with Crippen LogP contribution in [0.15, 0.2) is 6.33 Å². The summed E-state index contributed by atoms with van der Waals surface area (Å²) in [5.74, 6) is 2.43. The molecule has 0 aromatic carbocycles. The van der Waals surface area contributed by atoms with Crippen molar-refractivity contribution in [1.29, 1.82) is 0 Å². The zero-order chi connectivity index (χ0) is 14.3. The van der Waals surface area contributed by atoms with Gasteiger partial charge in [0.1, 0.15) is 12.2 Å². The lowest BCUT2D eigenvalue weighted by molar-refractivity contribution is 0.291. The zero-order valence-corrected chi connectivity index (χ0v) is 13.2. The fraction of sp³-hybridized carbons (Fsp3) is 0.867. The number of nitrogens with zero attached hydrogens (tertiary/aromatic N) is 3. The molecule has 1 aromatic rings. The van der Waals surface area contributed by atoms with Crippen molar-refractivity contribution in [2.24, 2.45) is 11.8 Å². The Balaban J connectivity index is 2.72. The molecule has 1 aromatic heterocycles. The summed E-state index contributed by atoms with van der Waals surface area (Å²) in [6.07, 6.45) is 4.92. The van der Waals surface area contributed by atoms with Crippen LogP contribution in [0.25, 0.3) is 0 Å². The molecule has 0 aliphatic carbocycles. The molecule has 19 heavy (non-hydrogen) atoms. The maximum atomic E-state index is 4.44. The van der Waals surface area contributed by atoms with Crippen LogP contribution in [0.1, 0.15) is 53.3 Å². The van der Waals surface area contributed by atoms with Crippen molar-refractivity contribution >= 4 is 0 Å². The highest BCUT2D eigenvalue weighted by Crippen LogP contribution is 2.17.